The molecule has 0 aliphatic carbocycles. The lowest BCUT2D eigenvalue weighted by Crippen LogP contribution is -2.30. The van der Waals surface area contributed by atoms with Crippen molar-refractivity contribution in [3.63, 3.8) is 0 Å². The fraction of sp³-hybridized carbons (Fsp3) is 0.720. The summed E-state index contributed by atoms with van der Waals surface area (Å²) >= 11 is 0. The summed E-state index contributed by atoms with van der Waals surface area (Å²) in [6, 6.07) is 0. The van der Waals surface area contributed by atoms with E-state index in [0.29, 0.717) is 19.3 Å². The summed E-state index contributed by atoms with van der Waals surface area (Å²) in [6.07, 6.45) is 94.1. The molecule has 0 aliphatic rings. The summed E-state index contributed by atoms with van der Waals surface area (Å²) in [5, 5.41) is 0. The van der Waals surface area contributed by atoms with Crippen LogP contribution in [-0.4, -0.2) is 37.2 Å². The predicted octanol–water partition coefficient (Wildman–Crippen LogP) is 23.8. The van der Waals surface area contributed by atoms with Crippen LogP contribution in [0.25, 0.3) is 0 Å². The third kappa shape index (κ3) is 66.8. The number of unbranched alkanes of at least 4 members (excludes halogenated alkanes) is 33. The van der Waals surface area contributed by atoms with Crippen molar-refractivity contribution >= 4 is 17.9 Å². The molecule has 0 bridgehead atoms. The number of carbonyl (C=O) groups is 3. The van der Waals surface area contributed by atoms with Crippen molar-refractivity contribution in [3.8, 4) is 0 Å². The Balaban J connectivity index is 4.19. The highest BCUT2D eigenvalue weighted by atomic mass is 16.6. The fourth-order valence-corrected chi connectivity index (χ4v) is 9.63. The highest BCUT2D eigenvalue weighted by Gasteiger charge is 2.19. The molecule has 0 saturated heterocycles. The Hall–Kier alpha value is -3.93. The number of allylic oxidation sites excluding steroid dienone is 18. The van der Waals surface area contributed by atoms with Crippen molar-refractivity contribution in [3.05, 3.63) is 109 Å². The van der Waals surface area contributed by atoms with E-state index in [1.807, 2.05) is 0 Å². The second-order valence-electron chi connectivity index (χ2n) is 22.7. The van der Waals surface area contributed by atoms with E-state index < -0.39 is 6.10 Å². The number of esters is 3. The largest absolute Gasteiger partial charge is 0.462 e. The fourth-order valence-electron chi connectivity index (χ4n) is 9.63. The lowest BCUT2D eigenvalue weighted by molar-refractivity contribution is -0.167. The molecule has 81 heavy (non-hydrogen) atoms. The third-order valence-electron chi connectivity index (χ3n) is 14.8. The topological polar surface area (TPSA) is 78.9 Å². The van der Waals surface area contributed by atoms with Gasteiger partial charge in [-0.05, 0) is 109 Å². The van der Waals surface area contributed by atoms with Crippen LogP contribution in [-0.2, 0) is 28.6 Å². The van der Waals surface area contributed by atoms with Crippen LogP contribution in [0, 0.1) is 0 Å². The third-order valence-corrected chi connectivity index (χ3v) is 14.8. The van der Waals surface area contributed by atoms with Gasteiger partial charge in [0.15, 0.2) is 6.10 Å². The maximum atomic E-state index is 12.9. The molecule has 0 aromatic carbocycles. The van der Waals surface area contributed by atoms with Crippen LogP contribution in [0.1, 0.15) is 329 Å². The molecule has 0 heterocycles. The predicted molar refractivity (Wildman–Crippen MR) is 353 cm³/mol. The van der Waals surface area contributed by atoms with E-state index >= 15 is 0 Å². The van der Waals surface area contributed by atoms with E-state index in [-0.39, 0.29) is 31.1 Å². The Labute approximate surface area is 501 Å². The minimum Gasteiger partial charge on any atom is -0.462 e. The Morgan fingerprint density at radius 1 is 0.259 bits per heavy atom. The Bertz CT molecular complexity index is 1620. The smallest absolute Gasteiger partial charge is 0.306 e. The van der Waals surface area contributed by atoms with Gasteiger partial charge in [-0.15, -0.1) is 0 Å². The molecule has 0 aromatic rings. The van der Waals surface area contributed by atoms with E-state index in [4.69, 9.17) is 14.2 Å². The molecule has 0 saturated carbocycles. The van der Waals surface area contributed by atoms with Crippen molar-refractivity contribution in [1.29, 1.82) is 0 Å². The van der Waals surface area contributed by atoms with Crippen molar-refractivity contribution in [1.82, 2.24) is 0 Å². The number of hydrogen-bond acceptors (Lipinski definition) is 6. The first kappa shape index (κ1) is 77.1. The van der Waals surface area contributed by atoms with Gasteiger partial charge in [0.1, 0.15) is 13.2 Å². The van der Waals surface area contributed by atoms with Crippen LogP contribution in [0.5, 0.6) is 0 Å². The van der Waals surface area contributed by atoms with Gasteiger partial charge < -0.3 is 14.2 Å². The van der Waals surface area contributed by atoms with Gasteiger partial charge in [-0.2, -0.15) is 0 Å². The summed E-state index contributed by atoms with van der Waals surface area (Å²) < 4.78 is 16.9. The minimum atomic E-state index is -0.791. The van der Waals surface area contributed by atoms with Gasteiger partial charge in [-0.25, -0.2) is 0 Å². The monoisotopic (exact) mass is 1120 g/mol. The number of carbonyl (C=O) groups excluding carboxylic acids is 3. The Morgan fingerprint density at radius 2 is 0.481 bits per heavy atom. The maximum absolute atomic E-state index is 12.9. The van der Waals surface area contributed by atoms with Crippen molar-refractivity contribution < 1.29 is 28.6 Å². The second kappa shape index (κ2) is 68.6. The van der Waals surface area contributed by atoms with Gasteiger partial charge >= 0.3 is 17.9 Å². The number of hydrogen-bond donors (Lipinski definition) is 0. The molecule has 0 aliphatic heterocycles. The lowest BCUT2D eigenvalue weighted by Gasteiger charge is -2.18. The van der Waals surface area contributed by atoms with Crippen LogP contribution >= 0.6 is 0 Å². The summed E-state index contributed by atoms with van der Waals surface area (Å²) in [5.74, 6) is -0.905. The lowest BCUT2D eigenvalue weighted by atomic mass is 10.0. The molecular formula is C75H128O6. The molecule has 0 aromatic heterocycles. The maximum Gasteiger partial charge on any atom is 0.306 e. The van der Waals surface area contributed by atoms with Crippen molar-refractivity contribution in [2.24, 2.45) is 0 Å². The molecule has 0 radical (unpaired) electrons. The molecule has 0 N–H and O–H groups in total. The van der Waals surface area contributed by atoms with E-state index in [0.717, 1.165) is 122 Å². The number of rotatable bonds is 62. The quantitative estimate of drug-likeness (QED) is 0.0261. The minimum absolute atomic E-state index is 0.0865. The molecule has 1 unspecified atom stereocenters. The first-order valence-electron chi connectivity index (χ1n) is 34.4. The van der Waals surface area contributed by atoms with Crippen LogP contribution in [0.15, 0.2) is 109 Å². The highest BCUT2D eigenvalue weighted by Crippen LogP contribution is 2.17. The average Bonchev–Trinajstić information content (AvgIpc) is 3.47. The molecule has 0 spiro atoms. The molecule has 464 valence electrons. The Kier molecular flexibility index (Phi) is 65.2. The van der Waals surface area contributed by atoms with Gasteiger partial charge in [-0.3, -0.25) is 14.4 Å². The number of ether oxygens (including phenoxy) is 3. The Morgan fingerprint density at radius 3 is 0.753 bits per heavy atom. The zero-order chi connectivity index (χ0) is 58.5. The van der Waals surface area contributed by atoms with Crippen LogP contribution in [0.4, 0.5) is 0 Å². The van der Waals surface area contributed by atoms with Crippen molar-refractivity contribution in [2.75, 3.05) is 13.2 Å². The molecule has 1 atom stereocenters. The summed E-state index contributed by atoms with van der Waals surface area (Å²) in [7, 11) is 0. The van der Waals surface area contributed by atoms with Gasteiger partial charge in [0.05, 0.1) is 0 Å². The first-order chi connectivity index (χ1) is 40.0. The van der Waals surface area contributed by atoms with Gasteiger partial charge in [0.2, 0.25) is 0 Å². The summed E-state index contributed by atoms with van der Waals surface area (Å²) in [6.45, 7) is 6.50. The first-order valence-corrected chi connectivity index (χ1v) is 34.4. The molecule has 0 fully saturated rings. The SMILES string of the molecule is CC/C=C\C/C=C\C/C=C\C/C=C\C/C=C\C/C=C\CCCCCCC(=O)OC(COC(=O)CCCCCCCCCCC)COC(=O)CCCCCCCCCCCCCCCCCC/C=C\C/C=C\C/C=C\CCCCCCC. The standard InChI is InChI=1S/C75H128O6/c1-4-7-10-13-16-19-21-23-25-27-29-31-33-34-35-36-37-38-39-40-42-43-45-47-49-51-53-56-59-62-65-68-74(77)80-71-72(70-79-73(76)67-64-61-58-55-18-15-12-9-6-3)81-75(78)69-66-63-60-57-54-52-50-48-46-44-41-32-30-28-26-24-22-20-17-14-11-8-5-2/h8,11,17,20-21,23-24,26-27,29-30,32-34,44,46,50,52,72H,4-7,9-10,12-16,18-19,22,25,28,31,35-43,45,47-49,51,53-71H2,1-3H3/b11-8-,20-17-,23-21-,26-24-,29-27-,32-30-,34-33-,46-44-,52-50-. The summed E-state index contributed by atoms with van der Waals surface area (Å²) in [4.78, 5) is 38.3. The van der Waals surface area contributed by atoms with Crippen LogP contribution < -0.4 is 0 Å². The zero-order valence-electron chi connectivity index (χ0n) is 53.3. The molecular weight excluding hydrogens is 997 g/mol. The van der Waals surface area contributed by atoms with E-state index in [1.165, 1.54) is 167 Å². The van der Waals surface area contributed by atoms with Crippen molar-refractivity contribution in [2.45, 2.75) is 335 Å². The van der Waals surface area contributed by atoms with E-state index in [2.05, 4.69) is 130 Å². The van der Waals surface area contributed by atoms with Crippen LogP contribution in [0.2, 0.25) is 0 Å². The van der Waals surface area contributed by atoms with Crippen LogP contribution in [0.3, 0.4) is 0 Å². The molecule has 0 amide bonds. The normalized spacial score (nSPS) is 12.8. The molecule has 6 heteroatoms. The van der Waals surface area contributed by atoms with Gasteiger partial charge in [0.25, 0.3) is 0 Å². The highest BCUT2D eigenvalue weighted by molar-refractivity contribution is 5.71. The zero-order valence-corrected chi connectivity index (χ0v) is 53.3. The van der Waals surface area contributed by atoms with E-state index in [1.54, 1.807) is 0 Å². The second-order valence-corrected chi connectivity index (χ2v) is 22.7. The van der Waals surface area contributed by atoms with E-state index in [9.17, 15) is 14.4 Å². The molecule has 6 nitrogen and oxygen atoms in total. The summed E-state index contributed by atoms with van der Waals surface area (Å²) in [5.41, 5.74) is 0. The average molecular weight is 1130 g/mol. The van der Waals surface area contributed by atoms with Gasteiger partial charge in [-0.1, -0.05) is 310 Å². The molecule has 0 rings (SSSR count). The van der Waals surface area contributed by atoms with Gasteiger partial charge in [0, 0.05) is 19.3 Å².